The smallest absolute Gasteiger partial charge is 0.195 e. The fourth-order valence-corrected chi connectivity index (χ4v) is 3.56. The fraction of sp³-hybridized carbons (Fsp3) is 0.0769. The summed E-state index contributed by atoms with van der Waals surface area (Å²) < 4.78 is 70.4. The van der Waals surface area contributed by atoms with Crippen LogP contribution in [0.2, 0.25) is 0 Å². The molecule has 0 radical (unpaired) electrons. The number of hydrogen-bond acceptors (Lipinski definition) is 0. The minimum absolute atomic E-state index is 0.0974. The number of benzene rings is 4. The van der Waals surface area contributed by atoms with E-state index in [0.29, 0.717) is 17.5 Å². The van der Waals surface area contributed by atoms with Gasteiger partial charge in [0, 0.05) is 16.5 Å². The largest absolute Gasteiger partial charge is 0.206 e. The van der Waals surface area contributed by atoms with Crippen molar-refractivity contribution in [3.8, 4) is 22.3 Å². The zero-order valence-electron chi connectivity index (χ0n) is 16.5. The van der Waals surface area contributed by atoms with Crippen LogP contribution in [0.3, 0.4) is 0 Å². The summed E-state index contributed by atoms with van der Waals surface area (Å²) >= 11 is 0. The summed E-state index contributed by atoms with van der Waals surface area (Å²) in [6.45, 7) is 1.88. The highest BCUT2D eigenvalue weighted by Crippen LogP contribution is 2.32. The molecule has 0 nitrogen and oxygen atoms in total. The van der Waals surface area contributed by atoms with Crippen molar-refractivity contribution in [2.75, 3.05) is 0 Å². The topological polar surface area (TPSA) is 0 Å². The van der Waals surface area contributed by atoms with Crippen molar-refractivity contribution in [3.63, 3.8) is 0 Å². The first kappa shape index (κ1) is 20.8. The maximum atomic E-state index is 14.9. The molecular formula is C26H17F5. The Kier molecular flexibility index (Phi) is 5.59. The molecule has 0 amide bonds. The number of rotatable bonds is 4. The molecule has 31 heavy (non-hydrogen) atoms. The molecule has 5 heteroatoms. The summed E-state index contributed by atoms with van der Waals surface area (Å²) in [5.41, 5.74) is 2.00. The number of fused-ring (bicyclic) bond motifs is 1. The lowest BCUT2D eigenvalue weighted by molar-refractivity contribution is 0.453. The Labute approximate surface area is 176 Å². The van der Waals surface area contributed by atoms with Gasteiger partial charge in [0.15, 0.2) is 17.5 Å². The summed E-state index contributed by atoms with van der Waals surface area (Å²) in [6.07, 6.45) is 4.40. The maximum absolute atomic E-state index is 14.9. The first-order chi connectivity index (χ1) is 14.9. The first-order valence-corrected chi connectivity index (χ1v) is 9.66. The van der Waals surface area contributed by atoms with E-state index in [2.05, 4.69) is 0 Å². The number of halogens is 5. The highest BCUT2D eigenvalue weighted by Gasteiger charge is 2.15. The molecule has 156 valence electrons. The summed E-state index contributed by atoms with van der Waals surface area (Å²) in [6, 6.07) is 14.1. The highest BCUT2D eigenvalue weighted by molar-refractivity contribution is 5.88. The summed E-state index contributed by atoms with van der Waals surface area (Å²) in [7, 11) is 0. The second-order valence-corrected chi connectivity index (χ2v) is 7.20. The van der Waals surface area contributed by atoms with Gasteiger partial charge < -0.3 is 0 Å². The SMILES string of the molecule is CC=CCc1ccc(-c2ccc(-c3ccc4c(F)c(F)c(F)cc4c3)c(F)c2)c(F)c1. The standard InChI is InChI=1S/C26H17F5/c1-2-3-4-15-5-8-19(22(27)11-15)17-6-9-20(23(28)13-17)16-7-10-21-18(12-16)14-24(29)26(31)25(21)30/h2-3,5-14H,4H2,1H3. The van der Waals surface area contributed by atoms with Crippen LogP contribution in [-0.4, -0.2) is 0 Å². The average Bonchev–Trinajstić information content (AvgIpc) is 2.76. The molecule has 0 aliphatic carbocycles. The third-order valence-electron chi connectivity index (χ3n) is 5.19. The lowest BCUT2D eigenvalue weighted by atomic mass is 9.96. The molecule has 0 unspecified atom stereocenters. The van der Waals surface area contributed by atoms with E-state index in [1.165, 1.54) is 36.4 Å². The highest BCUT2D eigenvalue weighted by atomic mass is 19.2. The minimum Gasteiger partial charge on any atom is -0.206 e. The third kappa shape index (κ3) is 3.96. The van der Waals surface area contributed by atoms with Crippen molar-refractivity contribution in [1.82, 2.24) is 0 Å². The molecule has 0 aromatic heterocycles. The van der Waals surface area contributed by atoms with Crippen LogP contribution in [0.4, 0.5) is 22.0 Å². The molecule has 4 rings (SSSR count). The predicted octanol–water partition coefficient (Wildman–Crippen LogP) is 7.99. The Morgan fingerprint density at radius 2 is 1.29 bits per heavy atom. The minimum atomic E-state index is -1.55. The van der Waals surface area contributed by atoms with Gasteiger partial charge >= 0.3 is 0 Å². The Morgan fingerprint density at radius 3 is 1.97 bits per heavy atom. The normalized spacial score (nSPS) is 11.5. The van der Waals surface area contributed by atoms with Crippen LogP contribution in [0.25, 0.3) is 33.0 Å². The molecule has 0 saturated heterocycles. The van der Waals surface area contributed by atoms with Gasteiger partial charge in [-0.15, -0.1) is 0 Å². The molecule has 0 heterocycles. The van der Waals surface area contributed by atoms with Gasteiger partial charge in [-0.05, 0) is 59.7 Å². The molecule has 0 aliphatic heterocycles. The van der Waals surface area contributed by atoms with Crippen LogP contribution in [0.1, 0.15) is 12.5 Å². The zero-order chi connectivity index (χ0) is 22.1. The molecule has 0 fully saturated rings. The van der Waals surface area contributed by atoms with Crippen LogP contribution < -0.4 is 0 Å². The molecule has 4 aromatic rings. The second-order valence-electron chi connectivity index (χ2n) is 7.20. The quantitative estimate of drug-likeness (QED) is 0.177. The van der Waals surface area contributed by atoms with Crippen molar-refractivity contribution in [3.05, 3.63) is 107 Å². The third-order valence-corrected chi connectivity index (χ3v) is 5.19. The molecule has 0 spiro atoms. The molecule has 0 atom stereocenters. The van der Waals surface area contributed by atoms with E-state index in [1.54, 1.807) is 18.2 Å². The van der Waals surface area contributed by atoms with Crippen LogP contribution in [-0.2, 0) is 6.42 Å². The van der Waals surface area contributed by atoms with E-state index < -0.39 is 29.1 Å². The fourth-order valence-electron chi connectivity index (χ4n) is 3.56. The second kappa shape index (κ2) is 8.34. The Balaban J connectivity index is 1.72. The van der Waals surface area contributed by atoms with Crippen molar-refractivity contribution in [2.45, 2.75) is 13.3 Å². The van der Waals surface area contributed by atoms with Gasteiger partial charge in [-0.1, -0.05) is 48.6 Å². The maximum Gasteiger partial charge on any atom is 0.195 e. The molecule has 0 bridgehead atoms. The molecule has 4 aromatic carbocycles. The van der Waals surface area contributed by atoms with Gasteiger partial charge in [-0.3, -0.25) is 0 Å². The first-order valence-electron chi connectivity index (χ1n) is 9.66. The Bertz CT molecular complexity index is 1320. The van der Waals surface area contributed by atoms with E-state index >= 15 is 0 Å². The predicted molar refractivity (Wildman–Crippen MR) is 113 cm³/mol. The summed E-state index contributed by atoms with van der Waals surface area (Å²) in [5, 5.41) is 0.0138. The Morgan fingerprint density at radius 1 is 0.645 bits per heavy atom. The van der Waals surface area contributed by atoms with Gasteiger partial charge in [0.1, 0.15) is 11.6 Å². The lowest BCUT2D eigenvalue weighted by Gasteiger charge is -2.10. The molecular weight excluding hydrogens is 407 g/mol. The lowest BCUT2D eigenvalue weighted by Crippen LogP contribution is -1.93. The summed E-state index contributed by atoms with van der Waals surface area (Å²) in [4.78, 5) is 0. The zero-order valence-corrected chi connectivity index (χ0v) is 16.5. The Hall–Kier alpha value is -3.47. The van der Waals surface area contributed by atoms with Crippen LogP contribution >= 0.6 is 0 Å². The van der Waals surface area contributed by atoms with Crippen LogP contribution in [0.15, 0.2) is 72.8 Å². The van der Waals surface area contributed by atoms with Crippen LogP contribution in [0.5, 0.6) is 0 Å². The van der Waals surface area contributed by atoms with Crippen molar-refractivity contribution < 1.29 is 22.0 Å². The average molecular weight is 424 g/mol. The molecule has 0 N–H and O–H groups in total. The summed E-state index contributed by atoms with van der Waals surface area (Å²) in [5.74, 6) is -5.21. The van der Waals surface area contributed by atoms with Crippen molar-refractivity contribution in [2.24, 2.45) is 0 Å². The van der Waals surface area contributed by atoms with Crippen molar-refractivity contribution in [1.29, 1.82) is 0 Å². The molecule has 0 saturated carbocycles. The van der Waals surface area contributed by atoms with E-state index in [9.17, 15) is 22.0 Å². The van der Waals surface area contributed by atoms with Gasteiger partial charge in [0.05, 0.1) is 0 Å². The van der Waals surface area contributed by atoms with E-state index in [4.69, 9.17) is 0 Å². The van der Waals surface area contributed by atoms with Gasteiger partial charge in [-0.25, -0.2) is 22.0 Å². The van der Waals surface area contributed by atoms with E-state index in [-0.39, 0.29) is 21.9 Å². The molecule has 0 aliphatic rings. The van der Waals surface area contributed by atoms with E-state index in [0.717, 1.165) is 11.6 Å². The number of allylic oxidation sites excluding steroid dienone is 2. The van der Waals surface area contributed by atoms with E-state index in [1.807, 2.05) is 19.1 Å². The van der Waals surface area contributed by atoms with Gasteiger partial charge in [-0.2, -0.15) is 0 Å². The van der Waals surface area contributed by atoms with Crippen LogP contribution in [0, 0.1) is 29.1 Å². The monoisotopic (exact) mass is 424 g/mol. The number of hydrogen-bond donors (Lipinski definition) is 0. The van der Waals surface area contributed by atoms with Crippen molar-refractivity contribution >= 4 is 10.8 Å². The van der Waals surface area contributed by atoms with Gasteiger partial charge in [0.2, 0.25) is 0 Å². The van der Waals surface area contributed by atoms with Gasteiger partial charge in [0.25, 0.3) is 0 Å².